The minimum Gasteiger partial charge on any atom is -0.328 e. The Bertz CT molecular complexity index is 285. The molecule has 0 aromatic rings. The van der Waals surface area contributed by atoms with Crippen molar-refractivity contribution in [2.45, 2.75) is 77.8 Å². The quantitative estimate of drug-likeness (QED) is 0.719. The lowest BCUT2D eigenvalue weighted by atomic mass is 9.88. The van der Waals surface area contributed by atoms with Gasteiger partial charge in [0, 0.05) is 12.1 Å². The first-order valence-corrected chi connectivity index (χ1v) is 7.89. The number of nitriles is 1. The van der Waals surface area contributed by atoms with Crippen LogP contribution in [-0.2, 0) is 0 Å². The maximum Gasteiger partial charge on any atom is 0.0683 e. The van der Waals surface area contributed by atoms with E-state index in [1.165, 1.54) is 38.6 Å². The Morgan fingerprint density at radius 3 is 2.37 bits per heavy atom. The molecule has 0 aliphatic heterocycles. The van der Waals surface area contributed by atoms with Crippen LogP contribution < -0.4 is 5.73 Å². The summed E-state index contributed by atoms with van der Waals surface area (Å²) < 4.78 is 0. The predicted molar refractivity (Wildman–Crippen MR) is 80.7 cm³/mol. The third-order valence-corrected chi connectivity index (χ3v) is 4.46. The zero-order valence-electron chi connectivity index (χ0n) is 13.0. The molecular weight excluding hydrogens is 234 g/mol. The highest BCUT2D eigenvalue weighted by molar-refractivity contribution is 4.91. The number of nitrogens with zero attached hydrogens (tertiary/aromatic N) is 2. The Morgan fingerprint density at radius 1 is 1.21 bits per heavy atom. The summed E-state index contributed by atoms with van der Waals surface area (Å²) in [6.07, 6.45) is 8.27. The van der Waals surface area contributed by atoms with E-state index < -0.39 is 0 Å². The first-order chi connectivity index (χ1) is 8.98. The molecule has 0 amide bonds. The average molecular weight is 265 g/mol. The third kappa shape index (κ3) is 5.93. The van der Waals surface area contributed by atoms with Crippen LogP contribution in [0.15, 0.2) is 0 Å². The minimum atomic E-state index is -0.158. The molecule has 1 rings (SSSR count). The monoisotopic (exact) mass is 265 g/mol. The number of unbranched alkanes of at least 4 members (excludes halogenated alkanes) is 1. The Labute approximate surface area is 119 Å². The van der Waals surface area contributed by atoms with Gasteiger partial charge in [-0.05, 0) is 65.5 Å². The molecule has 3 heteroatoms. The lowest BCUT2D eigenvalue weighted by Crippen LogP contribution is -2.41. The molecule has 1 aliphatic rings. The molecule has 110 valence electrons. The van der Waals surface area contributed by atoms with Crippen LogP contribution in [0.4, 0.5) is 0 Å². The third-order valence-electron chi connectivity index (χ3n) is 4.46. The summed E-state index contributed by atoms with van der Waals surface area (Å²) in [5.41, 5.74) is 5.82. The van der Waals surface area contributed by atoms with Gasteiger partial charge in [0.1, 0.15) is 0 Å². The summed E-state index contributed by atoms with van der Waals surface area (Å²) in [5, 5.41) is 9.01. The average Bonchev–Trinajstić information content (AvgIpc) is 2.40. The van der Waals surface area contributed by atoms with Gasteiger partial charge < -0.3 is 10.6 Å². The topological polar surface area (TPSA) is 53.0 Å². The van der Waals surface area contributed by atoms with Crippen molar-refractivity contribution in [2.24, 2.45) is 11.1 Å². The molecule has 0 bridgehead atoms. The summed E-state index contributed by atoms with van der Waals surface area (Å²) in [6, 6.07) is 3.56. The molecule has 0 saturated heterocycles. The van der Waals surface area contributed by atoms with Crippen LogP contribution in [0, 0.1) is 16.7 Å². The van der Waals surface area contributed by atoms with Gasteiger partial charge in [-0.25, -0.2) is 0 Å². The maximum absolute atomic E-state index is 9.01. The van der Waals surface area contributed by atoms with E-state index in [1.54, 1.807) is 0 Å². The molecule has 0 aromatic carbocycles. The standard InChI is InChI=1S/C16H31N3/c1-4-19(15-9-7-14(18)8-10-15)12-6-5-11-16(2,3)13-17/h14-15H,4-12,18H2,1-3H3. The molecule has 0 atom stereocenters. The maximum atomic E-state index is 9.01. The molecule has 1 aliphatic carbocycles. The van der Waals surface area contributed by atoms with E-state index in [4.69, 9.17) is 11.0 Å². The predicted octanol–water partition coefficient (Wildman–Crippen LogP) is 3.30. The number of hydrogen-bond donors (Lipinski definition) is 1. The number of rotatable bonds is 7. The van der Waals surface area contributed by atoms with Crippen LogP contribution in [0.3, 0.4) is 0 Å². The van der Waals surface area contributed by atoms with Crippen molar-refractivity contribution in [2.75, 3.05) is 13.1 Å². The van der Waals surface area contributed by atoms with Crippen LogP contribution in [0.25, 0.3) is 0 Å². The summed E-state index contributed by atoms with van der Waals surface area (Å²) in [7, 11) is 0. The van der Waals surface area contributed by atoms with E-state index in [0.717, 1.165) is 25.4 Å². The summed E-state index contributed by atoms with van der Waals surface area (Å²) in [5.74, 6) is 0. The molecule has 1 saturated carbocycles. The molecule has 0 heterocycles. The lowest BCUT2D eigenvalue weighted by Gasteiger charge is -2.35. The van der Waals surface area contributed by atoms with Gasteiger partial charge in [-0.2, -0.15) is 5.26 Å². The fraction of sp³-hybridized carbons (Fsp3) is 0.938. The second kappa shape index (κ2) is 7.87. The highest BCUT2D eigenvalue weighted by atomic mass is 15.1. The fourth-order valence-corrected chi connectivity index (χ4v) is 3.00. The van der Waals surface area contributed by atoms with Crippen molar-refractivity contribution in [3.05, 3.63) is 0 Å². The molecule has 2 N–H and O–H groups in total. The van der Waals surface area contributed by atoms with Crippen LogP contribution in [0.1, 0.15) is 65.7 Å². The molecule has 0 radical (unpaired) electrons. The first kappa shape index (κ1) is 16.5. The lowest BCUT2D eigenvalue weighted by molar-refractivity contribution is 0.153. The van der Waals surface area contributed by atoms with Crippen LogP contribution in [0.2, 0.25) is 0 Å². The van der Waals surface area contributed by atoms with Gasteiger partial charge in [-0.3, -0.25) is 0 Å². The Hall–Kier alpha value is -0.590. The van der Waals surface area contributed by atoms with E-state index in [9.17, 15) is 0 Å². The zero-order chi connectivity index (χ0) is 14.3. The summed E-state index contributed by atoms with van der Waals surface area (Å²) in [4.78, 5) is 2.62. The van der Waals surface area contributed by atoms with Gasteiger partial charge in [0.05, 0.1) is 11.5 Å². The molecule has 0 unspecified atom stereocenters. The minimum absolute atomic E-state index is 0.158. The van der Waals surface area contributed by atoms with Gasteiger partial charge in [0.2, 0.25) is 0 Å². The van der Waals surface area contributed by atoms with Crippen LogP contribution in [0.5, 0.6) is 0 Å². The molecule has 0 aromatic heterocycles. The van der Waals surface area contributed by atoms with Gasteiger partial charge >= 0.3 is 0 Å². The van der Waals surface area contributed by atoms with Gasteiger partial charge in [-0.15, -0.1) is 0 Å². The second-order valence-corrected chi connectivity index (χ2v) is 6.65. The van der Waals surface area contributed by atoms with E-state index in [0.29, 0.717) is 6.04 Å². The van der Waals surface area contributed by atoms with E-state index in [2.05, 4.69) is 17.9 Å². The summed E-state index contributed by atoms with van der Waals surface area (Å²) >= 11 is 0. The molecule has 3 nitrogen and oxygen atoms in total. The molecular formula is C16H31N3. The van der Waals surface area contributed by atoms with Crippen molar-refractivity contribution >= 4 is 0 Å². The van der Waals surface area contributed by atoms with Gasteiger partial charge in [0.15, 0.2) is 0 Å². The largest absolute Gasteiger partial charge is 0.328 e. The normalized spacial score (nSPS) is 24.4. The van der Waals surface area contributed by atoms with Crippen LogP contribution in [-0.4, -0.2) is 30.1 Å². The van der Waals surface area contributed by atoms with Crippen molar-refractivity contribution < 1.29 is 0 Å². The Balaban J connectivity index is 2.24. The second-order valence-electron chi connectivity index (χ2n) is 6.65. The Kier molecular flexibility index (Phi) is 6.82. The van der Waals surface area contributed by atoms with Crippen molar-refractivity contribution in [1.29, 1.82) is 5.26 Å². The molecule has 0 spiro atoms. The SMILES string of the molecule is CCN(CCCCC(C)(C)C#N)C1CCC(N)CC1. The van der Waals surface area contributed by atoms with Crippen molar-refractivity contribution in [3.8, 4) is 6.07 Å². The first-order valence-electron chi connectivity index (χ1n) is 7.89. The van der Waals surface area contributed by atoms with E-state index >= 15 is 0 Å². The van der Waals surface area contributed by atoms with Crippen molar-refractivity contribution in [3.63, 3.8) is 0 Å². The summed E-state index contributed by atoms with van der Waals surface area (Å²) in [6.45, 7) is 8.65. The number of nitrogens with two attached hydrogens (primary N) is 1. The fourth-order valence-electron chi connectivity index (χ4n) is 3.00. The number of hydrogen-bond acceptors (Lipinski definition) is 3. The highest BCUT2D eigenvalue weighted by Crippen LogP contribution is 2.24. The Morgan fingerprint density at radius 2 is 1.84 bits per heavy atom. The van der Waals surface area contributed by atoms with Gasteiger partial charge in [0.25, 0.3) is 0 Å². The van der Waals surface area contributed by atoms with E-state index in [1.807, 2.05) is 13.8 Å². The zero-order valence-corrected chi connectivity index (χ0v) is 13.0. The molecule has 1 fully saturated rings. The highest BCUT2D eigenvalue weighted by Gasteiger charge is 2.23. The van der Waals surface area contributed by atoms with Crippen molar-refractivity contribution in [1.82, 2.24) is 4.90 Å². The molecule has 19 heavy (non-hydrogen) atoms. The smallest absolute Gasteiger partial charge is 0.0683 e. The van der Waals surface area contributed by atoms with Gasteiger partial charge in [-0.1, -0.05) is 13.3 Å². The van der Waals surface area contributed by atoms with Crippen LogP contribution >= 0.6 is 0 Å². The van der Waals surface area contributed by atoms with E-state index in [-0.39, 0.29) is 5.41 Å².